The highest BCUT2D eigenvalue weighted by atomic mass is 19.4. The molecule has 0 radical (unpaired) electrons. The third kappa shape index (κ3) is 5.00. The molecular weight excluding hydrogens is 446 g/mol. The highest BCUT2D eigenvalue weighted by Gasteiger charge is 2.40. The molecular formula is C20H16F6N2O4. The lowest BCUT2D eigenvalue weighted by atomic mass is 9.91. The summed E-state index contributed by atoms with van der Waals surface area (Å²) in [4.78, 5) is 19.6. The van der Waals surface area contributed by atoms with Crippen LogP contribution in [0.2, 0.25) is 0 Å². The van der Waals surface area contributed by atoms with Crippen LogP contribution >= 0.6 is 0 Å². The Hall–Kier alpha value is -3.18. The van der Waals surface area contributed by atoms with Crippen LogP contribution in [0.1, 0.15) is 47.4 Å². The summed E-state index contributed by atoms with van der Waals surface area (Å²) in [6, 6.07) is 5.63. The van der Waals surface area contributed by atoms with Gasteiger partial charge in [0, 0.05) is 12.1 Å². The number of alkyl halides is 6. The standard InChI is InChI=1S/C20H16F6N2O4/c21-19(22,23)15-9-12(2-5-17(15)27(29)30)7-11-1-3-13(8-11)14-4-6-18(28(31)32)16(10-14)20(24,25)26/h2,4-6,9-11,13H,1,3,7-8H2. The summed E-state index contributed by atoms with van der Waals surface area (Å²) in [5, 5.41) is 21.8. The molecule has 3 rings (SSSR count). The smallest absolute Gasteiger partial charge is 0.258 e. The Labute approximate surface area is 177 Å². The summed E-state index contributed by atoms with van der Waals surface area (Å²) in [6.45, 7) is 0. The van der Waals surface area contributed by atoms with E-state index >= 15 is 0 Å². The first kappa shape index (κ1) is 23.5. The second kappa shape index (κ2) is 8.40. The molecule has 12 heteroatoms. The fourth-order valence-corrected chi connectivity index (χ4v) is 4.19. The van der Waals surface area contributed by atoms with Crippen molar-refractivity contribution in [2.45, 2.75) is 44.0 Å². The number of hydrogen-bond donors (Lipinski definition) is 0. The van der Waals surface area contributed by atoms with E-state index in [1.807, 2.05) is 0 Å². The molecule has 0 saturated heterocycles. The van der Waals surface area contributed by atoms with E-state index in [1.165, 1.54) is 12.1 Å². The third-order valence-electron chi connectivity index (χ3n) is 5.62. The maximum Gasteiger partial charge on any atom is 0.423 e. The molecule has 32 heavy (non-hydrogen) atoms. The Morgan fingerprint density at radius 2 is 1.34 bits per heavy atom. The van der Waals surface area contributed by atoms with Gasteiger partial charge in [0.2, 0.25) is 0 Å². The van der Waals surface area contributed by atoms with Crippen LogP contribution in [0.3, 0.4) is 0 Å². The average molecular weight is 462 g/mol. The second-order valence-corrected chi connectivity index (χ2v) is 7.72. The Kier molecular flexibility index (Phi) is 6.16. The monoisotopic (exact) mass is 462 g/mol. The topological polar surface area (TPSA) is 86.3 Å². The molecule has 1 saturated carbocycles. The lowest BCUT2D eigenvalue weighted by Crippen LogP contribution is -2.11. The van der Waals surface area contributed by atoms with E-state index in [0.717, 1.165) is 24.3 Å². The maximum absolute atomic E-state index is 13.2. The number of nitro benzene ring substituents is 2. The van der Waals surface area contributed by atoms with E-state index in [0.29, 0.717) is 19.3 Å². The molecule has 6 nitrogen and oxygen atoms in total. The van der Waals surface area contributed by atoms with E-state index in [2.05, 4.69) is 0 Å². The first-order chi connectivity index (χ1) is 14.8. The van der Waals surface area contributed by atoms with Gasteiger partial charge >= 0.3 is 12.4 Å². The van der Waals surface area contributed by atoms with Crippen molar-refractivity contribution in [3.63, 3.8) is 0 Å². The molecule has 0 spiro atoms. The van der Waals surface area contributed by atoms with Crippen LogP contribution < -0.4 is 0 Å². The minimum atomic E-state index is -4.90. The van der Waals surface area contributed by atoms with E-state index in [-0.39, 0.29) is 29.4 Å². The van der Waals surface area contributed by atoms with Crippen molar-refractivity contribution in [2.75, 3.05) is 0 Å². The van der Waals surface area contributed by atoms with Crippen molar-refractivity contribution >= 4 is 11.4 Å². The third-order valence-corrected chi connectivity index (χ3v) is 5.62. The van der Waals surface area contributed by atoms with Crippen molar-refractivity contribution in [3.05, 3.63) is 78.9 Å². The van der Waals surface area contributed by atoms with E-state index < -0.39 is 44.7 Å². The molecule has 2 unspecified atom stereocenters. The van der Waals surface area contributed by atoms with Gasteiger partial charge in [0.05, 0.1) is 9.85 Å². The molecule has 1 fully saturated rings. The number of nitrogens with zero attached hydrogens (tertiary/aromatic N) is 2. The summed E-state index contributed by atoms with van der Waals surface area (Å²) in [5.74, 6) is -0.478. The van der Waals surface area contributed by atoms with Crippen molar-refractivity contribution in [2.24, 2.45) is 5.92 Å². The normalized spacial score (nSPS) is 19.2. The molecule has 0 heterocycles. The maximum atomic E-state index is 13.2. The number of hydrogen-bond acceptors (Lipinski definition) is 4. The fraction of sp³-hybridized carbons (Fsp3) is 0.400. The largest absolute Gasteiger partial charge is 0.423 e. The predicted molar refractivity (Wildman–Crippen MR) is 100.0 cm³/mol. The Morgan fingerprint density at radius 3 is 1.88 bits per heavy atom. The van der Waals surface area contributed by atoms with Crippen molar-refractivity contribution in [1.29, 1.82) is 0 Å². The van der Waals surface area contributed by atoms with Gasteiger partial charge in [-0.2, -0.15) is 26.3 Å². The Balaban J connectivity index is 1.80. The second-order valence-electron chi connectivity index (χ2n) is 7.72. The molecule has 0 amide bonds. The van der Waals surface area contributed by atoms with Gasteiger partial charge in [-0.25, -0.2) is 0 Å². The van der Waals surface area contributed by atoms with Crippen LogP contribution in [0.4, 0.5) is 37.7 Å². The lowest BCUT2D eigenvalue weighted by Gasteiger charge is -2.15. The van der Waals surface area contributed by atoms with Crippen LogP contribution in [-0.4, -0.2) is 9.85 Å². The van der Waals surface area contributed by atoms with Gasteiger partial charge in [-0.05, 0) is 60.8 Å². The van der Waals surface area contributed by atoms with E-state index in [1.54, 1.807) is 0 Å². The van der Waals surface area contributed by atoms with Gasteiger partial charge in [0.25, 0.3) is 11.4 Å². The number of halogens is 6. The van der Waals surface area contributed by atoms with Gasteiger partial charge in [-0.3, -0.25) is 20.2 Å². The molecule has 0 aliphatic heterocycles. The van der Waals surface area contributed by atoms with Crippen LogP contribution in [0.5, 0.6) is 0 Å². The van der Waals surface area contributed by atoms with E-state index in [9.17, 15) is 46.6 Å². The van der Waals surface area contributed by atoms with Crippen molar-refractivity contribution < 1.29 is 36.2 Å². The van der Waals surface area contributed by atoms with Crippen LogP contribution in [-0.2, 0) is 18.8 Å². The molecule has 1 aliphatic carbocycles. The van der Waals surface area contributed by atoms with Gasteiger partial charge in [0.1, 0.15) is 11.1 Å². The molecule has 1 aliphatic rings. The minimum Gasteiger partial charge on any atom is -0.258 e. The molecule has 0 N–H and O–H groups in total. The van der Waals surface area contributed by atoms with Crippen molar-refractivity contribution in [1.82, 2.24) is 0 Å². The quantitative estimate of drug-likeness (QED) is 0.282. The average Bonchev–Trinajstić information content (AvgIpc) is 3.14. The summed E-state index contributed by atoms with van der Waals surface area (Å²) >= 11 is 0. The van der Waals surface area contributed by atoms with Gasteiger partial charge in [-0.1, -0.05) is 12.1 Å². The SMILES string of the molecule is O=[N+]([O-])c1ccc(CC2CCC(c3ccc([N+](=O)[O-])c(C(F)(F)F)c3)C2)cc1C(F)(F)F. The molecule has 172 valence electrons. The predicted octanol–water partition coefficient (Wildman–Crippen LogP) is 6.67. The Bertz CT molecular complexity index is 1050. The van der Waals surface area contributed by atoms with Gasteiger partial charge < -0.3 is 0 Å². The van der Waals surface area contributed by atoms with Crippen LogP contribution in [0, 0.1) is 26.1 Å². The first-order valence-electron chi connectivity index (χ1n) is 9.47. The zero-order valence-electron chi connectivity index (χ0n) is 16.2. The molecule has 2 atom stereocenters. The zero-order chi connectivity index (χ0) is 23.8. The van der Waals surface area contributed by atoms with Crippen LogP contribution in [0.15, 0.2) is 36.4 Å². The highest BCUT2D eigenvalue weighted by Crippen LogP contribution is 2.44. The lowest BCUT2D eigenvalue weighted by molar-refractivity contribution is -0.388. The molecule has 0 aromatic heterocycles. The number of benzene rings is 2. The summed E-state index contributed by atoms with van der Waals surface area (Å²) in [7, 11) is 0. The summed E-state index contributed by atoms with van der Waals surface area (Å²) in [5.41, 5.74) is -4.25. The van der Waals surface area contributed by atoms with Crippen LogP contribution in [0.25, 0.3) is 0 Å². The van der Waals surface area contributed by atoms with Gasteiger partial charge in [-0.15, -0.1) is 0 Å². The zero-order valence-corrected chi connectivity index (χ0v) is 16.2. The minimum absolute atomic E-state index is 0.146. The summed E-state index contributed by atoms with van der Waals surface area (Å²) in [6.07, 6.45) is -8.24. The molecule has 0 bridgehead atoms. The molecule has 2 aromatic rings. The molecule has 2 aromatic carbocycles. The van der Waals surface area contributed by atoms with E-state index in [4.69, 9.17) is 0 Å². The fourth-order valence-electron chi connectivity index (χ4n) is 4.19. The number of rotatable bonds is 5. The number of nitro groups is 2. The Morgan fingerprint density at radius 1 is 0.812 bits per heavy atom. The first-order valence-corrected chi connectivity index (χ1v) is 9.47. The highest BCUT2D eigenvalue weighted by molar-refractivity contribution is 5.46. The summed E-state index contributed by atoms with van der Waals surface area (Å²) < 4.78 is 79.2. The van der Waals surface area contributed by atoms with Crippen molar-refractivity contribution in [3.8, 4) is 0 Å². The van der Waals surface area contributed by atoms with Gasteiger partial charge in [0.15, 0.2) is 0 Å².